The van der Waals surface area contributed by atoms with Crippen LogP contribution in [0, 0.1) is 5.95 Å². The zero-order valence-corrected chi connectivity index (χ0v) is 12.0. The first-order chi connectivity index (χ1) is 9.70. The van der Waals surface area contributed by atoms with Gasteiger partial charge in [0.25, 0.3) is 5.91 Å². The van der Waals surface area contributed by atoms with Crippen molar-refractivity contribution in [2.45, 2.75) is 13.8 Å². The standard InChI is InChI=1S/C14H21FN2O3/c1-3-19-10-8-17(9-11-20-4-2)14(18)12-6-5-7-16-13(12)15/h5-7H,3-4,8-11H2,1-2H3. The largest absolute Gasteiger partial charge is 0.380 e. The van der Waals surface area contributed by atoms with E-state index in [9.17, 15) is 9.18 Å². The minimum absolute atomic E-state index is 0.0273. The van der Waals surface area contributed by atoms with E-state index < -0.39 is 11.9 Å². The molecule has 0 aliphatic rings. The molecule has 0 radical (unpaired) electrons. The highest BCUT2D eigenvalue weighted by Crippen LogP contribution is 2.08. The number of nitrogens with zero attached hydrogens (tertiary/aromatic N) is 2. The first-order valence-corrected chi connectivity index (χ1v) is 6.76. The number of rotatable bonds is 9. The maximum atomic E-state index is 13.6. The lowest BCUT2D eigenvalue weighted by molar-refractivity contribution is 0.0545. The quantitative estimate of drug-likeness (QED) is 0.512. The van der Waals surface area contributed by atoms with Crippen LogP contribution < -0.4 is 0 Å². The third kappa shape index (κ3) is 5.22. The molecule has 0 fully saturated rings. The molecule has 6 heteroatoms. The number of hydrogen-bond donors (Lipinski definition) is 0. The summed E-state index contributed by atoms with van der Waals surface area (Å²) in [6.45, 7) is 6.54. The minimum Gasteiger partial charge on any atom is -0.380 e. The maximum absolute atomic E-state index is 13.6. The van der Waals surface area contributed by atoms with E-state index in [1.807, 2.05) is 13.8 Å². The van der Waals surface area contributed by atoms with Gasteiger partial charge in [0.15, 0.2) is 0 Å². The highest BCUT2D eigenvalue weighted by Gasteiger charge is 2.19. The summed E-state index contributed by atoms with van der Waals surface area (Å²) in [6, 6.07) is 2.97. The van der Waals surface area contributed by atoms with Gasteiger partial charge in [0.2, 0.25) is 5.95 Å². The smallest absolute Gasteiger partial charge is 0.258 e. The van der Waals surface area contributed by atoms with E-state index in [1.54, 1.807) is 6.07 Å². The summed E-state index contributed by atoms with van der Waals surface area (Å²) in [7, 11) is 0. The lowest BCUT2D eigenvalue weighted by atomic mass is 10.2. The normalized spacial score (nSPS) is 10.6. The van der Waals surface area contributed by atoms with Gasteiger partial charge in [-0.1, -0.05) is 0 Å². The fourth-order valence-corrected chi connectivity index (χ4v) is 1.67. The molecule has 0 unspecified atom stereocenters. The molecular formula is C14H21FN2O3. The highest BCUT2D eigenvalue weighted by molar-refractivity contribution is 5.94. The van der Waals surface area contributed by atoms with Gasteiger partial charge < -0.3 is 14.4 Å². The van der Waals surface area contributed by atoms with Crippen LogP contribution in [0.2, 0.25) is 0 Å². The van der Waals surface area contributed by atoms with Gasteiger partial charge in [-0.05, 0) is 26.0 Å². The molecule has 0 aliphatic heterocycles. The van der Waals surface area contributed by atoms with Crippen molar-refractivity contribution >= 4 is 5.91 Å². The predicted octanol–water partition coefficient (Wildman–Crippen LogP) is 1.74. The van der Waals surface area contributed by atoms with E-state index in [-0.39, 0.29) is 5.56 Å². The van der Waals surface area contributed by atoms with Crippen LogP contribution >= 0.6 is 0 Å². The van der Waals surface area contributed by atoms with Crippen LogP contribution in [0.3, 0.4) is 0 Å². The van der Waals surface area contributed by atoms with Gasteiger partial charge in [0.1, 0.15) is 0 Å². The van der Waals surface area contributed by atoms with Crippen molar-refractivity contribution < 1.29 is 18.7 Å². The second-order valence-electron chi connectivity index (χ2n) is 4.03. The molecule has 0 saturated heterocycles. The predicted molar refractivity (Wildman–Crippen MR) is 73.1 cm³/mol. The third-order valence-electron chi connectivity index (χ3n) is 2.70. The van der Waals surface area contributed by atoms with Gasteiger partial charge in [-0.2, -0.15) is 4.39 Å². The van der Waals surface area contributed by atoms with E-state index in [0.717, 1.165) is 0 Å². The van der Waals surface area contributed by atoms with Gasteiger partial charge >= 0.3 is 0 Å². The molecule has 1 rings (SSSR count). The molecule has 0 spiro atoms. The molecule has 0 N–H and O–H groups in total. The number of pyridine rings is 1. The van der Waals surface area contributed by atoms with Crippen LogP contribution in [0.25, 0.3) is 0 Å². The van der Waals surface area contributed by atoms with Gasteiger partial charge in [0, 0.05) is 32.5 Å². The Morgan fingerprint density at radius 1 is 1.25 bits per heavy atom. The Morgan fingerprint density at radius 2 is 1.85 bits per heavy atom. The topological polar surface area (TPSA) is 51.7 Å². The van der Waals surface area contributed by atoms with Crippen LogP contribution in [-0.2, 0) is 9.47 Å². The summed E-state index contributed by atoms with van der Waals surface area (Å²) in [5.74, 6) is -1.15. The SMILES string of the molecule is CCOCCN(CCOCC)C(=O)c1cccnc1F. The number of amides is 1. The number of ether oxygens (including phenoxy) is 2. The Kier molecular flexibility index (Phi) is 7.75. The molecule has 1 aromatic rings. The molecule has 112 valence electrons. The lowest BCUT2D eigenvalue weighted by Crippen LogP contribution is -2.37. The summed E-state index contributed by atoms with van der Waals surface area (Å²) in [6.07, 6.45) is 1.32. The van der Waals surface area contributed by atoms with Gasteiger partial charge in [-0.25, -0.2) is 4.98 Å². The zero-order valence-electron chi connectivity index (χ0n) is 12.0. The van der Waals surface area contributed by atoms with Crippen LogP contribution in [0.5, 0.6) is 0 Å². The Bertz CT molecular complexity index is 405. The summed E-state index contributed by atoms with van der Waals surface area (Å²) in [4.78, 5) is 17.3. The molecule has 1 heterocycles. The van der Waals surface area contributed by atoms with E-state index in [1.165, 1.54) is 17.2 Å². The summed E-state index contributed by atoms with van der Waals surface area (Å²) < 4.78 is 24.0. The van der Waals surface area contributed by atoms with Crippen molar-refractivity contribution in [2.24, 2.45) is 0 Å². The van der Waals surface area contributed by atoms with Gasteiger partial charge in [-0.15, -0.1) is 0 Å². The fourth-order valence-electron chi connectivity index (χ4n) is 1.67. The molecular weight excluding hydrogens is 263 g/mol. The van der Waals surface area contributed by atoms with Crippen molar-refractivity contribution in [2.75, 3.05) is 39.5 Å². The first kappa shape index (κ1) is 16.5. The summed E-state index contributed by atoms with van der Waals surface area (Å²) in [5, 5.41) is 0. The number of carbonyl (C=O) groups excluding carboxylic acids is 1. The van der Waals surface area contributed by atoms with Crippen molar-refractivity contribution in [3.63, 3.8) is 0 Å². The van der Waals surface area contributed by atoms with E-state index in [4.69, 9.17) is 9.47 Å². The molecule has 0 aromatic carbocycles. The van der Waals surface area contributed by atoms with Gasteiger partial charge in [-0.3, -0.25) is 4.79 Å². The molecule has 20 heavy (non-hydrogen) atoms. The Hall–Kier alpha value is -1.53. The molecule has 5 nitrogen and oxygen atoms in total. The fraction of sp³-hybridized carbons (Fsp3) is 0.571. The molecule has 0 bridgehead atoms. The molecule has 0 aliphatic carbocycles. The number of aromatic nitrogens is 1. The van der Waals surface area contributed by atoms with E-state index >= 15 is 0 Å². The molecule has 0 atom stereocenters. The number of halogens is 1. The third-order valence-corrected chi connectivity index (χ3v) is 2.70. The average molecular weight is 284 g/mol. The van der Waals surface area contributed by atoms with Gasteiger partial charge in [0.05, 0.1) is 18.8 Å². The van der Waals surface area contributed by atoms with Crippen LogP contribution in [0.15, 0.2) is 18.3 Å². The Morgan fingerprint density at radius 3 is 2.35 bits per heavy atom. The second kappa shape index (κ2) is 9.39. The number of carbonyl (C=O) groups is 1. The monoisotopic (exact) mass is 284 g/mol. The van der Waals surface area contributed by atoms with Crippen LogP contribution in [0.1, 0.15) is 24.2 Å². The van der Waals surface area contributed by atoms with E-state index in [0.29, 0.717) is 39.5 Å². The van der Waals surface area contributed by atoms with Crippen molar-refractivity contribution in [3.05, 3.63) is 29.8 Å². The van der Waals surface area contributed by atoms with Crippen molar-refractivity contribution in [3.8, 4) is 0 Å². The van der Waals surface area contributed by atoms with E-state index in [2.05, 4.69) is 4.98 Å². The minimum atomic E-state index is -0.754. The van der Waals surface area contributed by atoms with Crippen molar-refractivity contribution in [1.82, 2.24) is 9.88 Å². The highest BCUT2D eigenvalue weighted by atomic mass is 19.1. The van der Waals surface area contributed by atoms with Crippen molar-refractivity contribution in [1.29, 1.82) is 0 Å². The maximum Gasteiger partial charge on any atom is 0.258 e. The summed E-state index contributed by atoms with van der Waals surface area (Å²) >= 11 is 0. The summed E-state index contributed by atoms with van der Waals surface area (Å²) in [5.41, 5.74) is -0.0273. The lowest BCUT2D eigenvalue weighted by Gasteiger charge is -2.22. The number of hydrogen-bond acceptors (Lipinski definition) is 4. The second-order valence-corrected chi connectivity index (χ2v) is 4.03. The molecule has 1 aromatic heterocycles. The molecule has 0 saturated carbocycles. The molecule has 1 amide bonds. The first-order valence-electron chi connectivity index (χ1n) is 6.76. The van der Waals surface area contributed by atoms with Crippen LogP contribution in [0.4, 0.5) is 4.39 Å². The average Bonchev–Trinajstić information content (AvgIpc) is 2.46. The Labute approximate surface area is 118 Å². The zero-order chi connectivity index (χ0) is 14.8. The van der Waals surface area contributed by atoms with Crippen LogP contribution in [-0.4, -0.2) is 55.3 Å². The Balaban J connectivity index is 2.69.